The first-order chi connectivity index (χ1) is 8.04. The first-order valence-electron chi connectivity index (χ1n) is 5.02. The van der Waals surface area contributed by atoms with Crippen molar-refractivity contribution in [3.63, 3.8) is 0 Å². The molecule has 17 heavy (non-hydrogen) atoms. The van der Waals surface area contributed by atoms with E-state index in [2.05, 4.69) is 5.32 Å². The van der Waals surface area contributed by atoms with Crippen LogP contribution in [0.15, 0.2) is 0 Å². The number of imide groups is 1. The van der Waals surface area contributed by atoms with Crippen LogP contribution in [0, 0.1) is 0 Å². The van der Waals surface area contributed by atoms with Crippen molar-refractivity contribution in [2.75, 3.05) is 13.3 Å². The number of hydrogen-bond acceptors (Lipinski definition) is 6. The van der Waals surface area contributed by atoms with Crippen molar-refractivity contribution in [1.29, 1.82) is 0 Å². The lowest BCUT2D eigenvalue weighted by Gasteiger charge is -2.33. The number of ether oxygens (including phenoxy) is 1. The monoisotopic (exact) mass is 247 g/mol. The summed E-state index contributed by atoms with van der Waals surface area (Å²) >= 11 is 0. The quantitative estimate of drug-likeness (QED) is 0.356. The van der Waals surface area contributed by atoms with Crippen molar-refractivity contribution in [2.24, 2.45) is 0 Å². The first-order valence-corrected chi connectivity index (χ1v) is 5.02. The molecule has 0 spiro atoms. The third-order valence-electron chi connectivity index (χ3n) is 2.72. The van der Waals surface area contributed by atoms with Crippen LogP contribution < -0.4 is 10.6 Å². The Morgan fingerprint density at radius 3 is 2.59 bits per heavy atom. The van der Waals surface area contributed by atoms with Crippen LogP contribution in [0.2, 0.25) is 0 Å². The Kier molecular flexibility index (Phi) is 3.15. The zero-order valence-electron chi connectivity index (χ0n) is 8.74. The lowest BCUT2D eigenvalue weighted by atomic mass is 10.1. The average Bonchev–Trinajstić information content (AvgIpc) is 2.57. The van der Waals surface area contributed by atoms with Gasteiger partial charge in [-0.2, -0.15) is 0 Å². The Morgan fingerprint density at radius 1 is 1.35 bits per heavy atom. The zero-order valence-corrected chi connectivity index (χ0v) is 8.74. The highest BCUT2D eigenvalue weighted by Gasteiger charge is 2.47. The molecule has 5 N–H and O–H groups in total. The van der Waals surface area contributed by atoms with Gasteiger partial charge in [0.2, 0.25) is 0 Å². The van der Waals surface area contributed by atoms with Crippen LogP contribution in [0.1, 0.15) is 0 Å². The number of nitrogens with one attached hydrogen (secondary N) is 2. The number of aliphatic hydroxyl groups is 3. The molecule has 0 radical (unpaired) electrons. The second-order valence-electron chi connectivity index (χ2n) is 3.79. The highest BCUT2D eigenvalue weighted by Crippen LogP contribution is 2.24. The van der Waals surface area contributed by atoms with Gasteiger partial charge in [0.15, 0.2) is 6.23 Å². The van der Waals surface area contributed by atoms with Gasteiger partial charge in [-0.05, 0) is 0 Å². The number of carbonyl (C=O) groups excluding carboxylic acids is 2. The fourth-order valence-electron chi connectivity index (χ4n) is 1.78. The summed E-state index contributed by atoms with van der Waals surface area (Å²) in [5.41, 5.74) is 0. The van der Waals surface area contributed by atoms with Crippen molar-refractivity contribution < 1.29 is 29.6 Å². The Hall–Kier alpha value is -1.42. The Balaban J connectivity index is 2.08. The van der Waals surface area contributed by atoms with Crippen LogP contribution in [-0.4, -0.2) is 70.1 Å². The van der Waals surface area contributed by atoms with Gasteiger partial charge in [-0.3, -0.25) is 10.2 Å². The highest BCUT2D eigenvalue weighted by atomic mass is 16.6. The standard InChI is InChI=1S/C8H13N3O6/c12-1-3-4(13)5(14)6(17-3)11-2-9-7(15)10-8(11)16/h3-6,12-14H,1-2H2,(H2,9,10,15,16)/t3-,4?,5+,6-/m1/s1. The molecule has 4 atom stereocenters. The molecule has 0 aliphatic carbocycles. The number of rotatable bonds is 2. The maximum atomic E-state index is 11.5. The minimum Gasteiger partial charge on any atom is -0.394 e. The number of aliphatic hydroxyl groups excluding tert-OH is 3. The van der Waals surface area contributed by atoms with E-state index >= 15 is 0 Å². The van der Waals surface area contributed by atoms with Gasteiger partial charge in [-0.15, -0.1) is 0 Å². The summed E-state index contributed by atoms with van der Waals surface area (Å²) in [4.78, 5) is 23.3. The molecule has 1 unspecified atom stereocenters. The van der Waals surface area contributed by atoms with Gasteiger partial charge in [-0.1, -0.05) is 0 Å². The maximum absolute atomic E-state index is 11.5. The summed E-state index contributed by atoms with van der Waals surface area (Å²) < 4.78 is 5.14. The number of carbonyl (C=O) groups is 2. The minimum atomic E-state index is -1.34. The van der Waals surface area contributed by atoms with Crippen molar-refractivity contribution >= 4 is 12.1 Å². The van der Waals surface area contributed by atoms with E-state index < -0.39 is 43.2 Å². The second-order valence-corrected chi connectivity index (χ2v) is 3.79. The molecule has 2 saturated heterocycles. The number of hydrogen-bond donors (Lipinski definition) is 5. The molecule has 0 aromatic carbocycles. The van der Waals surface area contributed by atoms with Gasteiger partial charge in [0.05, 0.1) is 13.3 Å². The van der Waals surface area contributed by atoms with Crippen LogP contribution in [0.25, 0.3) is 0 Å². The van der Waals surface area contributed by atoms with E-state index in [0.29, 0.717) is 0 Å². The van der Waals surface area contributed by atoms with Crippen LogP contribution >= 0.6 is 0 Å². The highest BCUT2D eigenvalue weighted by molar-refractivity contribution is 5.95. The minimum absolute atomic E-state index is 0.142. The zero-order chi connectivity index (χ0) is 12.6. The Labute approximate surface area is 96.0 Å². The topological polar surface area (TPSA) is 131 Å². The molecule has 9 nitrogen and oxygen atoms in total. The van der Waals surface area contributed by atoms with Gasteiger partial charge >= 0.3 is 12.1 Å². The molecule has 0 aromatic rings. The van der Waals surface area contributed by atoms with Gasteiger partial charge in [0.1, 0.15) is 18.3 Å². The number of amides is 4. The largest absolute Gasteiger partial charge is 0.394 e. The lowest BCUT2D eigenvalue weighted by Crippen LogP contribution is -2.62. The first kappa shape index (κ1) is 12.0. The van der Waals surface area contributed by atoms with E-state index in [1.807, 2.05) is 5.32 Å². The van der Waals surface area contributed by atoms with Crippen LogP contribution in [0.5, 0.6) is 0 Å². The van der Waals surface area contributed by atoms with E-state index in [4.69, 9.17) is 9.84 Å². The second kappa shape index (κ2) is 4.45. The number of urea groups is 2. The van der Waals surface area contributed by atoms with Crippen molar-refractivity contribution in [2.45, 2.75) is 24.5 Å². The Morgan fingerprint density at radius 2 is 2.06 bits per heavy atom. The SMILES string of the molecule is O=C1NCN([C@@H]2O[C@H](CO)C(O)[C@@H]2O)C(=O)N1. The van der Waals surface area contributed by atoms with Gasteiger partial charge in [0.25, 0.3) is 0 Å². The molecule has 2 fully saturated rings. The molecule has 9 heteroatoms. The van der Waals surface area contributed by atoms with Gasteiger partial charge < -0.3 is 25.4 Å². The van der Waals surface area contributed by atoms with E-state index in [0.717, 1.165) is 4.90 Å². The molecule has 0 aromatic heterocycles. The Bertz CT molecular complexity index is 337. The normalized spacial score (nSPS) is 37.9. The molecular formula is C8H13N3O6. The van der Waals surface area contributed by atoms with Gasteiger partial charge in [-0.25, -0.2) is 9.59 Å². The molecule has 96 valence electrons. The van der Waals surface area contributed by atoms with Crippen LogP contribution in [0.4, 0.5) is 9.59 Å². The maximum Gasteiger partial charge on any atom is 0.329 e. The molecule has 0 bridgehead atoms. The lowest BCUT2D eigenvalue weighted by molar-refractivity contribution is -0.0818. The average molecular weight is 247 g/mol. The van der Waals surface area contributed by atoms with Crippen LogP contribution in [-0.2, 0) is 4.74 Å². The number of nitrogens with zero attached hydrogens (tertiary/aromatic N) is 1. The molecule has 2 heterocycles. The molecule has 4 amide bonds. The molecule has 2 aliphatic rings. The van der Waals surface area contributed by atoms with E-state index in [9.17, 15) is 19.8 Å². The van der Waals surface area contributed by atoms with E-state index in [1.165, 1.54) is 0 Å². The van der Waals surface area contributed by atoms with E-state index in [-0.39, 0.29) is 6.67 Å². The van der Waals surface area contributed by atoms with Crippen LogP contribution in [0.3, 0.4) is 0 Å². The molecular weight excluding hydrogens is 234 g/mol. The third-order valence-corrected chi connectivity index (χ3v) is 2.72. The summed E-state index contributed by atoms with van der Waals surface area (Å²) in [6.07, 6.45) is -4.69. The summed E-state index contributed by atoms with van der Waals surface area (Å²) in [5, 5.41) is 32.4. The van der Waals surface area contributed by atoms with Crippen molar-refractivity contribution in [1.82, 2.24) is 15.5 Å². The molecule has 2 rings (SSSR count). The smallest absolute Gasteiger partial charge is 0.329 e. The third kappa shape index (κ3) is 2.05. The predicted molar refractivity (Wildman–Crippen MR) is 51.5 cm³/mol. The fraction of sp³-hybridized carbons (Fsp3) is 0.750. The summed E-state index contributed by atoms with van der Waals surface area (Å²) in [6, 6.07) is -1.37. The predicted octanol–water partition coefficient (Wildman–Crippen LogP) is -2.88. The molecule has 2 aliphatic heterocycles. The molecule has 0 saturated carbocycles. The van der Waals surface area contributed by atoms with E-state index in [1.54, 1.807) is 0 Å². The van der Waals surface area contributed by atoms with Crippen molar-refractivity contribution in [3.8, 4) is 0 Å². The fourth-order valence-corrected chi connectivity index (χ4v) is 1.78. The summed E-state index contributed by atoms with van der Waals surface area (Å²) in [6.45, 7) is -0.617. The summed E-state index contributed by atoms with van der Waals surface area (Å²) in [7, 11) is 0. The van der Waals surface area contributed by atoms with Crippen molar-refractivity contribution in [3.05, 3.63) is 0 Å². The summed E-state index contributed by atoms with van der Waals surface area (Å²) in [5.74, 6) is 0. The van der Waals surface area contributed by atoms with Gasteiger partial charge in [0, 0.05) is 0 Å².